The summed E-state index contributed by atoms with van der Waals surface area (Å²) >= 11 is 0. The van der Waals surface area contributed by atoms with Gasteiger partial charge in [-0.25, -0.2) is 0 Å². The Morgan fingerprint density at radius 1 is 0.793 bits per heavy atom. The van der Waals surface area contributed by atoms with Crippen LogP contribution in [0.4, 0.5) is 5.69 Å². The zero-order valence-electron chi connectivity index (χ0n) is 16.1. The minimum atomic E-state index is -0.433. The van der Waals surface area contributed by atoms with Crippen LogP contribution in [0.1, 0.15) is 19.3 Å². The summed E-state index contributed by atoms with van der Waals surface area (Å²) < 4.78 is 11.4. The van der Waals surface area contributed by atoms with E-state index in [4.69, 9.17) is 15.2 Å². The number of para-hydroxylation sites is 2. The monoisotopic (exact) mass is 392 g/mol. The molecule has 3 aromatic rings. The number of hydrogen-bond donors (Lipinski definition) is 2. The van der Waals surface area contributed by atoms with E-state index in [-0.39, 0.29) is 18.9 Å². The van der Waals surface area contributed by atoms with Gasteiger partial charge in [0.2, 0.25) is 11.8 Å². The number of rotatable bonds is 10. The highest BCUT2D eigenvalue weighted by atomic mass is 16.5. The Morgan fingerprint density at radius 3 is 2.34 bits per heavy atom. The third kappa shape index (κ3) is 5.97. The van der Waals surface area contributed by atoms with Crippen LogP contribution >= 0.6 is 0 Å². The van der Waals surface area contributed by atoms with Crippen LogP contribution in [-0.2, 0) is 9.59 Å². The van der Waals surface area contributed by atoms with Crippen molar-refractivity contribution in [3.63, 3.8) is 0 Å². The molecule has 0 unspecified atom stereocenters. The molecule has 29 heavy (non-hydrogen) atoms. The van der Waals surface area contributed by atoms with Crippen LogP contribution in [-0.4, -0.2) is 25.0 Å². The molecule has 150 valence electrons. The van der Waals surface area contributed by atoms with Gasteiger partial charge >= 0.3 is 0 Å². The van der Waals surface area contributed by atoms with Crippen molar-refractivity contribution < 1.29 is 19.1 Å². The van der Waals surface area contributed by atoms with Crippen LogP contribution in [0, 0.1) is 0 Å². The molecule has 6 heteroatoms. The topological polar surface area (TPSA) is 90.7 Å². The first-order chi connectivity index (χ1) is 14.1. The Balaban J connectivity index is 1.47. The molecule has 0 bridgehead atoms. The van der Waals surface area contributed by atoms with Crippen molar-refractivity contribution in [2.45, 2.75) is 19.3 Å². The summed E-state index contributed by atoms with van der Waals surface area (Å²) in [4.78, 5) is 23.1. The highest BCUT2D eigenvalue weighted by molar-refractivity contribution is 5.92. The molecule has 0 heterocycles. The van der Waals surface area contributed by atoms with Gasteiger partial charge in [0.1, 0.15) is 11.5 Å². The van der Waals surface area contributed by atoms with Gasteiger partial charge < -0.3 is 20.5 Å². The predicted molar refractivity (Wildman–Crippen MR) is 113 cm³/mol. The number of ether oxygens (including phenoxy) is 2. The van der Waals surface area contributed by atoms with Gasteiger partial charge in [-0.1, -0.05) is 48.5 Å². The van der Waals surface area contributed by atoms with Crippen LogP contribution in [0.3, 0.4) is 0 Å². The van der Waals surface area contributed by atoms with Crippen molar-refractivity contribution in [1.82, 2.24) is 0 Å². The number of fused-ring (bicyclic) bond motifs is 1. The second kappa shape index (κ2) is 10.1. The molecular weight excluding hydrogens is 368 g/mol. The highest BCUT2D eigenvalue weighted by Crippen LogP contribution is 2.26. The van der Waals surface area contributed by atoms with Gasteiger partial charge in [-0.3, -0.25) is 9.59 Å². The summed E-state index contributed by atoms with van der Waals surface area (Å²) in [6.45, 7) is 0.610. The molecule has 0 fully saturated rings. The number of nitrogens with one attached hydrogen (secondary N) is 1. The van der Waals surface area contributed by atoms with Crippen molar-refractivity contribution in [2.24, 2.45) is 5.73 Å². The molecule has 0 aliphatic carbocycles. The summed E-state index contributed by atoms with van der Waals surface area (Å²) in [5, 5.41) is 5.02. The second-order valence-corrected chi connectivity index (χ2v) is 6.54. The smallest absolute Gasteiger partial charge is 0.224 e. The number of amides is 2. The average molecular weight is 392 g/mol. The fourth-order valence-corrected chi connectivity index (χ4v) is 2.91. The molecule has 3 aromatic carbocycles. The zero-order valence-corrected chi connectivity index (χ0v) is 16.1. The van der Waals surface area contributed by atoms with Crippen LogP contribution < -0.4 is 20.5 Å². The van der Waals surface area contributed by atoms with Crippen molar-refractivity contribution in [3.05, 3.63) is 66.7 Å². The van der Waals surface area contributed by atoms with Gasteiger partial charge in [0.15, 0.2) is 0 Å². The molecule has 0 aliphatic rings. The Morgan fingerprint density at radius 2 is 1.48 bits per heavy atom. The van der Waals surface area contributed by atoms with Gasteiger partial charge in [0.25, 0.3) is 0 Å². The SMILES string of the molecule is NC(=O)CCOc1ccccc1NC(=O)CCCOc1cccc2ccccc12. The van der Waals surface area contributed by atoms with E-state index in [0.29, 0.717) is 30.9 Å². The maximum atomic E-state index is 12.3. The third-order valence-corrected chi connectivity index (χ3v) is 4.32. The van der Waals surface area contributed by atoms with E-state index >= 15 is 0 Å². The van der Waals surface area contributed by atoms with Crippen molar-refractivity contribution in [2.75, 3.05) is 18.5 Å². The summed E-state index contributed by atoms with van der Waals surface area (Å²) in [6, 6.07) is 21.1. The molecular formula is C23H24N2O4. The van der Waals surface area contributed by atoms with Crippen LogP contribution in [0.2, 0.25) is 0 Å². The number of hydrogen-bond acceptors (Lipinski definition) is 4. The van der Waals surface area contributed by atoms with Gasteiger partial charge in [0.05, 0.1) is 25.3 Å². The first-order valence-corrected chi connectivity index (χ1v) is 9.54. The molecule has 0 saturated heterocycles. The maximum Gasteiger partial charge on any atom is 0.224 e. The number of carbonyl (C=O) groups excluding carboxylic acids is 2. The summed E-state index contributed by atoms with van der Waals surface area (Å²) in [5.74, 6) is 0.765. The Kier molecular flexibility index (Phi) is 7.05. The number of carbonyl (C=O) groups is 2. The van der Waals surface area contributed by atoms with E-state index in [1.165, 1.54) is 0 Å². The van der Waals surface area contributed by atoms with Gasteiger partial charge in [0, 0.05) is 11.8 Å². The van der Waals surface area contributed by atoms with Crippen LogP contribution in [0.5, 0.6) is 11.5 Å². The van der Waals surface area contributed by atoms with Crippen molar-refractivity contribution in [3.8, 4) is 11.5 Å². The first kappa shape index (κ1) is 20.2. The average Bonchev–Trinajstić information content (AvgIpc) is 2.72. The lowest BCUT2D eigenvalue weighted by molar-refractivity contribution is -0.118. The fraction of sp³-hybridized carbons (Fsp3) is 0.217. The summed E-state index contributed by atoms with van der Waals surface area (Å²) in [7, 11) is 0. The molecule has 0 radical (unpaired) electrons. The van der Waals surface area contributed by atoms with Gasteiger partial charge in [-0.05, 0) is 30.0 Å². The van der Waals surface area contributed by atoms with Crippen LogP contribution in [0.15, 0.2) is 66.7 Å². The van der Waals surface area contributed by atoms with Gasteiger partial charge in [-0.2, -0.15) is 0 Å². The normalized spacial score (nSPS) is 10.5. The van der Waals surface area contributed by atoms with E-state index in [9.17, 15) is 9.59 Å². The molecule has 3 N–H and O–H groups in total. The maximum absolute atomic E-state index is 12.3. The summed E-state index contributed by atoms with van der Waals surface area (Å²) in [6.07, 6.45) is 1.02. The van der Waals surface area contributed by atoms with E-state index < -0.39 is 5.91 Å². The Labute approximate surface area is 169 Å². The van der Waals surface area contributed by atoms with Crippen molar-refractivity contribution in [1.29, 1.82) is 0 Å². The second-order valence-electron chi connectivity index (χ2n) is 6.54. The molecule has 0 aromatic heterocycles. The van der Waals surface area contributed by atoms with Crippen molar-refractivity contribution >= 4 is 28.3 Å². The largest absolute Gasteiger partial charge is 0.493 e. The predicted octanol–water partition coefficient (Wildman–Crippen LogP) is 3.89. The Bertz CT molecular complexity index is 982. The number of anilines is 1. The third-order valence-electron chi connectivity index (χ3n) is 4.32. The van der Waals surface area contributed by atoms with E-state index in [1.54, 1.807) is 24.3 Å². The molecule has 0 saturated carbocycles. The molecule has 0 spiro atoms. The number of nitrogens with two attached hydrogens (primary N) is 1. The summed E-state index contributed by atoms with van der Waals surface area (Å²) in [5.41, 5.74) is 5.68. The Hall–Kier alpha value is -3.54. The van der Waals surface area contributed by atoms with Gasteiger partial charge in [-0.15, -0.1) is 0 Å². The van der Waals surface area contributed by atoms with E-state index in [2.05, 4.69) is 5.32 Å². The molecule has 3 rings (SSSR count). The quantitative estimate of drug-likeness (QED) is 0.512. The standard InChI is InChI=1S/C23H24N2O4/c24-22(26)14-16-29-21-11-4-3-10-19(21)25-23(27)13-6-15-28-20-12-5-8-17-7-1-2-9-18(17)20/h1-5,7-12H,6,13-16H2,(H2,24,26)(H,25,27). The van der Waals surface area contributed by atoms with Crippen LogP contribution in [0.25, 0.3) is 10.8 Å². The molecule has 6 nitrogen and oxygen atoms in total. The fourth-order valence-electron chi connectivity index (χ4n) is 2.91. The number of benzene rings is 3. The lowest BCUT2D eigenvalue weighted by atomic mass is 10.1. The minimum Gasteiger partial charge on any atom is -0.493 e. The number of primary amides is 1. The molecule has 0 aliphatic heterocycles. The lowest BCUT2D eigenvalue weighted by Crippen LogP contribution is -2.16. The molecule has 0 atom stereocenters. The molecule has 2 amide bonds. The van der Waals surface area contributed by atoms with E-state index in [0.717, 1.165) is 16.5 Å². The first-order valence-electron chi connectivity index (χ1n) is 9.54. The zero-order chi connectivity index (χ0) is 20.5. The lowest BCUT2D eigenvalue weighted by Gasteiger charge is -2.12. The highest BCUT2D eigenvalue weighted by Gasteiger charge is 2.09. The minimum absolute atomic E-state index is 0.119. The van der Waals surface area contributed by atoms with E-state index in [1.807, 2.05) is 42.5 Å².